The zero-order valence-electron chi connectivity index (χ0n) is 10.3. The summed E-state index contributed by atoms with van der Waals surface area (Å²) in [7, 11) is -7.03. The van der Waals surface area contributed by atoms with Crippen molar-refractivity contribution in [2.24, 2.45) is 5.92 Å². The highest BCUT2D eigenvalue weighted by Gasteiger charge is 2.29. The monoisotopic (exact) mass is 385 g/mol. The fraction of sp³-hybridized carbons (Fsp3) is 0.455. The first-order valence-electron chi connectivity index (χ1n) is 5.85. The maximum absolute atomic E-state index is 13.6. The first kappa shape index (κ1) is 15.9. The van der Waals surface area contributed by atoms with Crippen molar-refractivity contribution in [3.63, 3.8) is 0 Å². The summed E-state index contributed by atoms with van der Waals surface area (Å²) in [5.41, 5.74) is 0. The number of benzene rings is 1. The summed E-state index contributed by atoms with van der Waals surface area (Å²) in [4.78, 5) is -0.443. The van der Waals surface area contributed by atoms with E-state index in [1.165, 1.54) is 6.07 Å². The molecule has 9 heteroatoms. The molecule has 0 spiro atoms. The van der Waals surface area contributed by atoms with Gasteiger partial charge in [-0.1, -0.05) is 15.9 Å². The Morgan fingerprint density at radius 2 is 2.10 bits per heavy atom. The largest absolute Gasteiger partial charge is 0.243 e. The van der Waals surface area contributed by atoms with Gasteiger partial charge in [0.2, 0.25) is 10.0 Å². The Morgan fingerprint density at radius 3 is 2.65 bits per heavy atom. The zero-order valence-corrected chi connectivity index (χ0v) is 13.6. The molecule has 112 valence electrons. The van der Waals surface area contributed by atoms with Gasteiger partial charge in [0.1, 0.15) is 10.7 Å². The van der Waals surface area contributed by atoms with Crippen molar-refractivity contribution in [1.29, 1.82) is 0 Å². The summed E-state index contributed by atoms with van der Waals surface area (Å²) in [6.07, 6.45) is 0.424. The number of rotatable bonds is 4. The van der Waals surface area contributed by atoms with E-state index in [1.807, 2.05) is 0 Å². The van der Waals surface area contributed by atoms with E-state index in [2.05, 4.69) is 20.7 Å². The Balaban J connectivity index is 2.08. The number of sulfone groups is 1. The molecule has 1 saturated heterocycles. The molecular weight excluding hydrogens is 373 g/mol. The minimum absolute atomic E-state index is 0.00291. The van der Waals surface area contributed by atoms with Gasteiger partial charge in [0.05, 0.1) is 11.5 Å². The molecule has 0 saturated carbocycles. The first-order chi connectivity index (χ1) is 9.20. The third-order valence-corrected chi connectivity index (χ3v) is 6.86. The zero-order chi connectivity index (χ0) is 15.0. The van der Waals surface area contributed by atoms with Crippen LogP contribution < -0.4 is 4.72 Å². The lowest BCUT2D eigenvalue weighted by Gasteiger charge is -2.11. The molecule has 1 aliphatic rings. The van der Waals surface area contributed by atoms with Crippen molar-refractivity contribution in [1.82, 2.24) is 4.72 Å². The van der Waals surface area contributed by atoms with Crippen LogP contribution in [-0.2, 0) is 19.9 Å². The average Bonchev–Trinajstić information content (AvgIpc) is 2.66. The van der Waals surface area contributed by atoms with Crippen LogP contribution in [0.15, 0.2) is 27.6 Å². The second-order valence-electron chi connectivity index (χ2n) is 4.70. The second-order valence-corrected chi connectivity index (χ2v) is 9.58. The van der Waals surface area contributed by atoms with Crippen LogP contribution in [0.25, 0.3) is 0 Å². The van der Waals surface area contributed by atoms with Crippen molar-refractivity contribution in [3.05, 3.63) is 28.5 Å². The molecule has 1 aromatic rings. The van der Waals surface area contributed by atoms with E-state index in [0.717, 1.165) is 12.1 Å². The topological polar surface area (TPSA) is 80.3 Å². The molecule has 1 atom stereocenters. The van der Waals surface area contributed by atoms with Crippen LogP contribution >= 0.6 is 15.9 Å². The van der Waals surface area contributed by atoms with Gasteiger partial charge in [-0.2, -0.15) is 0 Å². The summed E-state index contributed by atoms with van der Waals surface area (Å²) in [6, 6.07) is 3.65. The minimum Gasteiger partial charge on any atom is -0.229 e. The van der Waals surface area contributed by atoms with Crippen molar-refractivity contribution < 1.29 is 21.2 Å². The predicted molar refractivity (Wildman–Crippen MR) is 76.0 cm³/mol. The van der Waals surface area contributed by atoms with Gasteiger partial charge >= 0.3 is 0 Å². The lowest BCUT2D eigenvalue weighted by molar-refractivity contribution is 0.532. The van der Waals surface area contributed by atoms with Crippen molar-refractivity contribution in [2.45, 2.75) is 11.3 Å². The quantitative estimate of drug-likeness (QED) is 0.846. The van der Waals surface area contributed by atoms with E-state index < -0.39 is 30.6 Å². The van der Waals surface area contributed by atoms with Gasteiger partial charge in [0.25, 0.3) is 0 Å². The lowest BCUT2D eigenvalue weighted by Crippen LogP contribution is -2.30. The maximum atomic E-state index is 13.6. The van der Waals surface area contributed by atoms with E-state index >= 15 is 0 Å². The van der Waals surface area contributed by atoms with Crippen LogP contribution in [0, 0.1) is 11.7 Å². The molecule has 1 heterocycles. The Kier molecular flexibility index (Phi) is 4.53. The fourth-order valence-corrected chi connectivity index (χ4v) is 5.40. The average molecular weight is 386 g/mol. The molecule has 1 unspecified atom stereocenters. The standard InChI is InChI=1S/C11H13BrFNO4S2/c12-9-1-2-11(10(13)5-9)20(17,18)14-6-8-3-4-19(15,16)7-8/h1-2,5,8,14H,3-4,6-7H2. The fourth-order valence-electron chi connectivity index (χ4n) is 2.03. The predicted octanol–water partition coefficient (Wildman–Crippen LogP) is 1.30. The first-order valence-corrected chi connectivity index (χ1v) is 9.94. The Hall–Kier alpha value is -0.510. The minimum atomic E-state index is -3.97. The van der Waals surface area contributed by atoms with Crippen LogP contribution in [0.3, 0.4) is 0 Å². The smallest absolute Gasteiger partial charge is 0.229 e. The van der Waals surface area contributed by atoms with Gasteiger partial charge in [0.15, 0.2) is 9.84 Å². The van der Waals surface area contributed by atoms with Crippen molar-refractivity contribution in [2.75, 3.05) is 18.1 Å². The van der Waals surface area contributed by atoms with Gasteiger partial charge in [0, 0.05) is 11.0 Å². The number of hydrogen-bond acceptors (Lipinski definition) is 4. The van der Waals surface area contributed by atoms with Gasteiger partial charge in [-0.25, -0.2) is 25.9 Å². The molecule has 0 aromatic heterocycles. The van der Waals surface area contributed by atoms with Gasteiger partial charge < -0.3 is 0 Å². The molecule has 0 radical (unpaired) electrons. The molecule has 5 nitrogen and oxygen atoms in total. The number of nitrogens with one attached hydrogen (secondary N) is 1. The molecule has 0 bridgehead atoms. The van der Waals surface area contributed by atoms with E-state index in [1.54, 1.807) is 0 Å². The molecule has 2 rings (SSSR count). The van der Waals surface area contributed by atoms with Crippen LogP contribution in [0.5, 0.6) is 0 Å². The van der Waals surface area contributed by atoms with Gasteiger partial charge in [-0.05, 0) is 30.5 Å². The molecule has 20 heavy (non-hydrogen) atoms. The Morgan fingerprint density at radius 1 is 1.40 bits per heavy atom. The molecular formula is C11H13BrFNO4S2. The molecule has 1 N–H and O–H groups in total. The van der Waals surface area contributed by atoms with Crippen LogP contribution in [0.2, 0.25) is 0 Å². The highest BCUT2D eigenvalue weighted by molar-refractivity contribution is 9.10. The number of hydrogen-bond donors (Lipinski definition) is 1. The van der Waals surface area contributed by atoms with Gasteiger partial charge in [-0.3, -0.25) is 0 Å². The summed E-state index contributed by atoms with van der Waals surface area (Å²) in [5, 5.41) is 0. The Labute approximate surface area is 125 Å². The van der Waals surface area contributed by atoms with Crippen LogP contribution in [0.4, 0.5) is 4.39 Å². The van der Waals surface area contributed by atoms with Crippen LogP contribution in [-0.4, -0.2) is 34.9 Å². The SMILES string of the molecule is O=S1(=O)CCC(CNS(=O)(=O)c2ccc(Br)cc2F)C1. The van der Waals surface area contributed by atoms with E-state index in [-0.39, 0.29) is 24.0 Å². The van der Waals surface area contributed by atoms with E-state index in [9.17, 15) is 21.2 Å². The number of halogens is 2. The maximum Gasteiger partial charge on any atom is 0.243 e. The normalized spacial score (nSPS) is 22.0. The van der Waals surface area contributed by atoms with Gasteiger partial charge in [-0.15, -0.1) is 0 Å². The summed E-state index contributed by atoms with van der Waals surface area (Å²) in [6.45, 7) is -0.00291. The third-order valence-electron chi connectivity index (χ3n) is 3.07. The second kappa shape index (κ2) is 5.70. The third kappa shape index (κ3) is 3.78. The molecule has 0 aliphatic carbocycles. The highest BCUT2D eigenvalue weighted by Crippen LogP contribution is 2.21. The van der Waals surface area contributed by atoms with E-state index in [0.29, 0.717) is 10.9 Å². The van der Waals surface area contributed by atoms with Crippen molar-refractivity contribution in [3.8, 4) is 0 Å². The molecule has 0 amide bonds. The molecule has 1 fully saturated rings. The summed E-state index contributed by atoms with van der Waals surface area (Å²) < 4.78 is 62.8. The van der Waals surface area contributed by atoms with Crippen molar-refractivity contribution >= 4 is 35.8 Å². The summed E-state index contributed by atoms with van der Waals surface area (Å²) >= 11 is 3.05. The summed E-state index contributed by atoms with van der Waals surface area (Å²) in [5.74, 6) is -1.07. The van der Waals surface area contributed by atoms with E-state index in [4.69, 9.17) is 0 Å². The van der Waals surface area contributed by atoms with Crippen LogP contribution in [0.1, 0.15) is 6.42 Å². The Bertz CT molecular complexity index is 718. The number of sulfonamides is 1. The molecule has 1 aromatic carbocycles. The molecule has 1 aliphatic heterocycles. The highest BCUT2D eigenvalue weighted by atomic mass is 79.9. The lowest BCUT2D eigenvalue weighted by atomic mass is 10.1.